The lowest BCUT2D eigenvalue weighted by Crippen LogP contribution is -2.56. The van der Waals surface area contributed by atoms with Crippen molar-refractivity contribution >= 4 is 28.7 Å². The largest absolute Gasteiger partial charge is 0.351 e. The highest BCUT2D eigenvalue weighted by Crippen LogP contribution is 2.31. The fourth-order valence-corrected chi connectivity index (χ4v) is 6.29. The molecule has 1 unspecified atom stereocenters. The van der Waals surface area contributed by atoms with Crippen molar-refractivity contribution < 1.29 is 24.2 Å². The van der Waals surface area contributed by atoms with Gasteiger partial charge in [0.2, 0.25) is 5.91 Å². The third-order valence-corrected chi connectivity index (χ3v) is 8.43. The zero-order chi connectivity index (χ0) is 28.4. The molecular weight excluding hydrogens is 518 g/mol. The quantitative estimate of drug-likeness (QED) is 0.215. The molecule has 0 radical (unpaired) electrons. The molecule has 2 N–H and O–H groups in total. The summed E-state index contributed by atoms with van der Waals surface area (Å²) < 4.78 is 0. The molecular formula is C33H41N3O5. The van der Waals surface area contributed by atoms with Crippen LogP contribution in [0.25, 0.3) is 10.9 Å². The highest BCUT2D eigenvalue weighted by atomic mass is 17.2. The highest BCUT2D eigenvalue weighted by molar-refractivity contribution is 6.00. The van der Waals surface area contributed by atoms with Gasteiger partial charge in [0, 0.05) is 23.0 Å². The van der Waals surface area contributed by atoms with Gasteiger partial charge in [-0.1, -0.05) is 87.1 Å². The Morgan fingerprint density at radius 2 is 1.49 bits per heavy atom. The molecule has 3 aromatic rings. The monoisotopic (exact) mass is 559 g/mol. The van der Waals surface area contributed by atoms with Crippen LogP contribution in [0, 0.1) is 0 Å². The minimum atomic E-state index is -0.848. The molecule has 2 fully saturated rings. The van der Waals surface area contributed by atoms with Crippen LogP contribution in [0.3, 0.4) is 0 Å². The molecule has 2 aromatic carbocycles. The summed E-state index contributed by atoms with van der Waals surface area (Å²) in [4.78, 5) is 55.8. The molecule has 2 aliphatic carbocycles. The summed E-state index contributed by atoms with van der Waals surface area (Å²) >= 11 is 0. The van der Waals surface area contributed by atoms with E-state index < -0.39 is 12.0 Å². The standard InChI is InChI=1S/C33H41N3O5/c37-31(41-40-23-24-12-4-1-5-13-24)21-20-29(35-32(38)30-22-25-14-10-11-19-28(25)34-30)33(39)36(26-15-6-2-7-16-26)27-17-8-3-9-18-27/h1,4-5,10-14,19,22,26-27,29,34H,2-3,6-9,15-18,20-21,23H2,(H,35,38). The number of nitrogens with zero attached hydrogens (tertiary/aromatic N) is 1. The first-order valence-electron chi connectivity index (χ1n) is 15.2. The maximum atomic E-state index is 14.3. The second-order valence-electron chi connectivity index (χ2n) is 11.4. The van der Waals surface area contributed by atoms with Crippen LogP contribution in [-0.4, -0.2) is 45.8 Å². The van der Waals surface area contributed by atoms with Gasteiger partial charge in [-0.3, -0.25) is 14.5 Å². The first-order chi connectivity index (χ1) is 20.1. The van der Waals surface area contributed by atoms with Crippen LogP contribution in [0.4, 0.5) is 0 Å². The Hall–Kier alpha value is -3.65. The molecule has 8 heteroatoms. The van der Waals surface area contributed by atoms with Crippen molar-refractivity contribution in [1.29, 1.82) is 0 Å². The van der Waals surface area contributed by atoms with Crippen LogP contribution in [0.15, 0.2) is 60.7 Å². The summed E-state index contributed by atoms with van der Waals surface area (Å²) in [6.07, 6.45) is 10.8. The molecule has 0 saturated heterocycles. The van der Waals surface area contributed by atoms with Crippen molar-refractivity contribution in [2.24, 2.45) is 0 Å². The summed E-state index contributed by atoms with van der Waals surface area (Å²) in [5.74, 6) is -1.02. The van der Waals surface area contributed by atoms with Crippen molar-refractivity contribution in [2.45, 2.75) is 102 Å². The number of H-pyrrole nitrogens is 1. The Morgan fingerprint density at radius 1 is 0.854 bits per heavy atom. The fraction of sp³-hybridized carbons (Fsp3) is 0.485. The summed E-state index contributed by atoms with van der Waals surface area (Å²) in [6, 6.07) is 18.4. The third kappa shape index (κ3) is 7.76. The van der Waals surface area contributed by atoms with E-state index in [0.29, 0.717) is 5.69 Å². The van der Waals surface area contributed by atoms with Gasteiger partial charge in [-0.15, -0.1) is 0 Å². The van der Waals surface area contributed by atoms with Gasteiger partial charge in [0.1, 0.15) is 18.3 Å². The molecule has 0 aliphatic heterocycles. The predicted molar refractivity (Wildman–Crippen MR) is 157 cm³/mol. The van der Waals surface area contributed by atoms with Crippen molar-refractivity contribution in [3.8, 4) is 0 Å². The second kappa shape index (κ2) is 14.3. The molecule has 1 aromatic heterocycles. The number of carbonyl (C=O) groups is 3. The fourth-order valence-electron chi connectivity index (χ4n) is 6.29. The normalized spacial score (nSPS) is 17.2. The lowest BCUT2D eigenvalue weighted by Gasteiger charge is -2.43. The third-order valence-electron chi connectivity index (χ3n) is 8.43. The second-order valence-corrected chi connectivity index (χ2v) is 11.4. The number of amides is 2. The molecule has 1 heterocycles. The minimum Gasteiger partial charge on any atom is -0.351 e. The van der Waals surface area contributed by atoms with E-state index in [1.807, 2.05) is 54.6 Å². The zero-order valence-electron chi connectivity index (χ0n) is 23.7. The zero-order valence-corrected chi connectivity index (χ0v) is 23.7. The highest BCUT2D eigenvalue weighted by Gasteiger charge is 2.37. The maximum Gasteiger partial charge on any atom is 0.342 e. The number of benzene rings is 2. The van der Waals surface area contributed by atoms with E-state index in [0.717, 1.165) is 67.8 Å². The van der Waals surface area contributed by atoms with Gasteiger partial charge in [0.05, 0.1) is 6.42 Å². The summed E-state index contributed by atoms with van der Waals surface area (Å²) in [7, 11) is 0. The Balaban J connectivity index is 1.30. The van der Waals surface area contributed by atoms with Crippen molar-refractivity contribution in [3.05, 3.63) is 71.9 Å². The average molecular weight is 560 g/mol. The van der Waals surface area contributed by atoms with Gasteiger partial charge in [0.15, 0.2) is 0 Å². The molecule has 8 nitrogen and oxygen atoms in total. The molecule has 41 heavy (non-hydrogen) atoms. The molecule has 5 rings (SSSR count). The van der Waals surface area contributed by atoms with E-state index in [1.165, 1.54) is 12.8 Å². The van der Waals surface area contributed by atoms with Gasteiger partial charge < -0.3 is 15.2 Å². The number of para-hydroxylation sites is 1. The SMILES string of the molecule is O=C(CCC(NC(=O)c1cc2ccccc2[nH]1)C(=O)N(C1CCCCC1)C1CCCCC1)OOCc1ccccc1. The number of fused-ring (bicyclic) bond motifs is 1. The van der Waals surface area contributed by atoms with E-state index in [1.54, 1.807) is 6.07 Å². The van der Waals surface area contributed by atoms with E-state index in [9.17, 15) is 14.4 Å². The smallest absolute Gasteiger partial charge is 0.342 e. The summed E-state index contributed by atoms with van der Waals surface area (Å²) in [6.45, 7) is 0.142. The van der Waals surface area contributed by atoms with E-state index in [2.05, 4.69) is 15.2 Å². The van der Waals surface area contributed by atoms with Gasteiger partial charge in [-0.25, -0.2) is 4.79 Å². The van der Waals surface area contributed by atoms with E-state index >= 15 is 0 Å². The maximum absolute atomic E-state index is 14.3. The van der Waals surface area contributed by atoms with Crippen LogP contribution in [0.5, 0.6) is 0 Å². The Bertz CT molecular complexity index is 1240. The number of rotatable bonds is 11. The molecule has 1 atom stereocenters. The van der Waals surface area contributed by atoms with E-state index in [-0.39, 0.29) is 43.3 Å². The molecule has 2 aliphatic rings. The molecule has 0 spiro atoms. The van der Waals surface area contributed by atoms with Crippen molar-refractivity contribution in [2.75, 3.05) is 0 Å². The van der Waals surface area contributed by atoms with Crippen LogP contribution in [0.2, 0.25) is 0 Å². The average Bonchev–Trinajstić information content (AvgIpc) is 3.46. The van der Waals surface area contributed by atoms with Gasteiger partial charge in [-0.05, 0) is 49.8 Å². The van der Waals surface area contributed by atoms with Crippen LogP contribution in [-0.2, 0) is 26.0 Å². The number of hydrogen-bond acceptors (Lipinski definition) is 5. The van der Waals surface area contributed by atoms with Gasteiger partial charge >= 0.3 is 5.97 Å². The predicted octanol–water partition coefficient (Wildman–Crippen LogP) is 6.22. The number of aromatic amines is 1. The Morgan fingerprint density at radius 3 is 2.15 bits per heavy atom. The summed E-state index contributed by atoms with van der Waals surface area (Å²) in [5, 5.41) is 3.90. The number of aromatic nitrogens is 1. The lowest BCUT2D eigenvalue weighted by atomic mass is 9.88. The first kappa shape index (κ1) is 28.9. The Labute approximate surface area is 241 Å². The molecule has 0 bridgehead atoms. The van der Waals surface area contributed by atoms with E-state index in [4.69, 9.17) is 9.78 Å². The number of hydrogen-bond donors (Lipinski definition) is 2. The van der Waals surface area contributed by atoms with Crippen molar-refractivity contribution in [1.82, 2.24) is 15.2 Å². The van der Waals surface area contributed by atoms with Crippen LogP contribution in [0.1, 0.15) is 93.1 Å². The Kier molecular flexibility index (Phi) is 10.1. The molecule has 218 valence electrons. The summed E-state index contributed by atoms with van der Waals surface area (Å²) in [5.41, 5.74) is 2.12. The topological polar surface area (TPSA) is 101 Å². The first-order valence-corrected chi connectivity index (χ1v) is 15.2. The van der Waals surface area contributed by atoms with Crippen LogP contribution < -0.4 is 5.32 Å². The van der Waals surface area contributed by atoms with Gasteiger partial charge in [0.25, 0.3) is 5.91 Å². The van der Waals surface area contributed by atoms with Crippen molar-refractivity contribution in [3.63, 3.8) is 0 Å². The lowest BCUT2D eigenvalue weighted by molar-refractivity contribution is -0.280. The minimum absolute atomic E-state index is 0.0542. The molecule has 2 saturated carbocycles. The molecule has 2 amide bonds. The number of carbonyl (C=O) groups excluding carboxylic acids is 3. The van der Waals surface area contributed by atoms with Gasteiger partial charge in [-0.2, -0.15) is 4.89 Å². The number of nitrogens with one attached hydrogen (secondary N) is 2. The van der Waals surface area contributed by atoms with Crippen LogP contribution >= 0.6 is 0 Å².